The quantitative estimate of drug-likeness (QED) is 0.419. The molecular weight excluding hydrogens is 392 g/mol. The van der Waals surface area contributed by atoms with E-state index < -0.39 is 35.8 Å². The normalized spacial score (nSPS) is 11.3. The zero-order chi connectivity index (χ0) is 22.4. The van der Waals surface area contributed by atoms with Crippen LogP contribution in [0.2, 0.25) is 0 Å². The minimum Gasteiger partial charge on any atom is -0.451 e. The number of esters is 1. The summed E-state index contributed by atoms with van der Waals surface area (Å²) in [5, 5.41) is 11.3. The molecule has 1 N–H and O–H groups in total. The van der Waals surface area contributed by atoms with Crippen molar-refractivity contribution >= 4 is 23.6 Å². The highest BCUT2D eigenvalue weighted by atomic mass is 19.1. The van der Waals surface area contributed by atoms with E-state index in [-0.39, 0.29) is 5.57 Å². The molecule has 30 heavy (non-hydrogen) atoms. The Kier molecular flexibility index (Phi) is 7.48. The van der Waals surface area contributed by atoms with Gasteiger partial charge in [0.25, 0.3) is 5.91 Å². The minimum absolute atomic E-state index is 0.287. The fraction of sp³-hybridized carbons (Fsp3) is 0.318. The van der Waals surface area contributed by atoms with Gasteiger partial charge in [0.15, 0.2) is 6.61 Å². The first-order valence-electron chi connectivity index (χ1n) is 9.33. The first-order chi connectivity index (χ1) is 14.1. The van der Waals surface area contributed by atoms with Crippen molar-refractivity contribution < 1.29 is 23.1 Å². The number of ether oxygens (including phenoxy) is 1. The Morgan fingerprint density at radius 3 is 2.47 bits per heavy atom. The van der Waals surface area contributed by atoms with Crippen LogP contribution < -0.4 is 5.32 Å². The van der Waals surface area contributed by atoms with Crippen LogP contribution in [0, 0.1) is 42.7 Å². The van der Waals surface area contributed by atoms with Gasteiger partial charge in [-0.2, -0.15) is 5.26 Å². The Labute approximate surface area is 173 Å². The zero-order valence-corrected chi connectivity index (χ0v) is 17.3. The van der Waals surface area contributed by atoms with E-state index in [1.807, 2.05) is 25.2 Å². The monoisotopic (exact) mass is 415 g/mol. The minimum atomic E-state index is -1.00. The molecule has 2 rings (SSSR count). The molecule has 1 amide bonds. The number of nitriles is 1. The standard InChI is InChI=1S/C22H23F2N3O3/c1-13(2)11-27-14(3)8-16(15(27)4)9-17(10-25)22(29)30-12-20(28)26-21-18(23)6-5-7-19(21)24/h5-9,13H,11-12H2,1-4H3,(H,26,28)/b17-9+. The lowest BCUT2D eigenvalue weighted by atomic mass is 10.1. The summed E-state index contributed by atoms with van der Waals surface area (Å²) < 4.78 is 34.1. The third-order valence-electron chi connectivity index (χ3n) is 4.36. The Balaban J connectivity index is 2.08. The number of carbonyl (C=O) groups excluding carboxylic acids is 2. The number of halogens is 2. The van der Waals surface area contributed by atoms with Crippen LogP contribution in [-0.2, 0) is 20.9 Å². The second kappa shape index (κ2) is 9.83. The number of nitrogens with zero attached hydrogens (tertiary/aromatic N) is 2. The molecule has 8 heteroatoms. The summed E-state index contributed by atoms with van der Waals surface area (Å²) in [7, 11) is 0. The molecule has 0 saturated carbocycles. The molecule has 0 unspecified atom stereocenters. The molecule has 1 aromatic heterocycles. The molecular formula is C22H23F2N3O3. The lowest BCUT2D eigenvalue weighted by Crippen LogP contribution is -2.22. The average molecular weight is 415 g/mol. The number of nitrogens with one attached hydrogen (secondary N) is 1. The molecule has 0 bridgehead atoms. The predicted molar refractivity (Wildman–Crippen MR) is 108 cm³/mol. The maximum absolute atomic E-state index is 13.6. The van der Waals surface area contributed by atoms with Crippen LogP contribution in [0.25, 0.3) is 6.08 Å². The van der Waals surface area contributed by atoms with Crippen LogP contribution in [0.5, 0.6) is 0 Å². The number of para-hydroxylation sites is 1. The van der Waals surface area contributed by atoms with Crippen molar-refractivity contribution in [3.05, 3.63) is 58.4 Å². The predicted octanol–water partition coefficient (Wildman–Crippen LogP) is 4.13. The molecule has 0 atom stereocenters. The van der Waals surface area contributed by atoms with Crippen LogP contribution >= 0.6 is 0 Å². The molecule has 2 aromatic rings. The summed E-state index contributed by atoms with van der Waals surface area (Å²) in [4.78, 5) is 24.1. The fourth-order valence-corrected chi connectivity index (χ4v) is 2.91. The number of aromatic nitrogens is 1. The lowest BCUT2D eigenvalue weighted by molar-refractivity contribution is -0.142. The van der Waals surface area contributed by atoms with Crippen LogP contribution in [0.4, 0.5) is 14.5 Å². The van der Waals surface area contributed by atoms with Crippen molar-refractivity contribution in [3.8, 4) is 6.07 Å². The van der Waals surface area contributed by atoms with E-state index in [9.17, 15) is 23.6 Å². The highest BCUT2D eigenvalue weighted by Gasteiger charge is 2.17. The van der Waals surface area contributed by atoms with Gasteiger partial charge in [-0.1, -0.05) is 19.9 Å². The lowest BCUT2D eigenvalue weighted by Gasteiger charge is -2.12. The topological polar surface area (TPSA) is 84.1 Å². The van der Waals surface area contributed by atoms with Gasteiger partial charge in [-0.25, -0.2) is 13.6 Å². The van der Waals surface area contributed by atoms with E-state index in [0.717, 1.165) is 36.1 Å². The first-order valence-corrected chi connectivity index (χ1v) is 9.33. The molecule has 158 valence electrons. The van der Waals surface area contributed by atoms with Crippen LogP contribution in [-0.4, -0.2) is 23.1 Å². The SMILES string of the molecule is Cc1cc(/C=C(\C#N)C(=O)OCC(=O)Nc2c(F)cccc2F)c(C)n1CC(C)C. The third kappa shape index (κ3) is 5.54. The van der Waals surface area contributed by atoms with Gasteiger partial charge in [-0.05, 0) is 49.6 Å². The number of hydrogen-bond acceptors (Lipinski definition) is 4. The molecule has 0 saturated heterocycles. The van der Waals surface area contributed by atoms with Gasteiger partial charge in [-0.3, -0.25) is 4.79 Å². The number of amides is 1. The maximum atomic E-state index is 13.6. The zero-order valence-electron chi connectivity index (χ0n) is 17.3. The summed E-state index contributed by atoms with van der Waals surface area (Å²) in [5.41, 5.74) is 1.66. The summed E-state index contributed by atoms with van der Waals surface area (Å²) in [5.74, 6) is -3.42. The Morgan fingerprint density at radius 1 is 1.27 bits per heavy atom. The van der Waals surface area contributed by atoms with Crippen molar-refractivity contribution in [2.75, 3.05) is 11.9 Å². The number of rotatable bonds is 7. The van der Waals surface area contributed by atoms with Gasteiger partial charge < -0.3 is 14.6 Å². The maximum Gasteiger partial charge on any atom is 0.349 e. The van der Waals surface area contributed by atoms with E-state index in [1.54, 1.807) is 6.07 Å². The molecule has 0 radical (unpaired) electrons. The van der Waals surface area contributed by atoms with Gasteiger partial charge in [0, 0.05) is 17.9 Å². The number of anilines is 1. The molecule has 1 aromatic carbocycles. The van der Waals surface area contributed by atoms with Crippen molar-refractivity contribution in [2.24, 2.45) is 5.92 Å². The average Bonchev–Trinajstić information content (AvgIpc) is 2.94. The van der Waals surface area contributed by atoms with Gasteiger partial charge in [0.2, 0.25) is 0 Å². The Morgan fingerprint density at radius 2 is 1.90 bits per heavy atom. The second-order valence-corrected chi connectivity index (χ2v) is 7.22. The van der Waals surface area contributed by atoms with Crippen molar-refractivity contribution in [2.45, 2.75) is 34.2 Å². The molecule has 1 heterocycles. The molecule has 6 nitrogen and oxygen atoms in total. The number of aryl methyl sites for hydroxylation is 1. The summed E-state index contributed by atoms with van der Waals surface area (Å²) in [6, 6.07) is 6.74. The van der Waals surface area contributed by atoms with Crippen molar-refractivity contribution in [1.82, 2.24) is 4.57 Å². The van der Waals surface area contributed by atoms with Gasteiger partial charge in [0.05, 0.1) is 0 Å². The van der Waals surface area contributed by atoms with Gasteiger partial charge in [0.1, 0.15) is 29.0 Å². The molecule has 0 fully saturated rings. The Bertz CT molecular complexity index is 1010. The highest BCUT2D eigenvalue weighted by Crippen LogP contribution is 2.20. The first kappa shape index (κ1) is 22.8. The van der Waals surface area contributed by atoms with Crippen molar-refractivity contribution in [3.63, 3.8) is 0 Å². The molecule has 0 aliphatic heterocycles. The third-order valence-corrected chi connectivity index (χ3v) is 4.36. The van der Waals surface area contributed by atoms with E-state index in [1.165, 1.54) is 6.08 Å². The fourth-order valence-electron chi connectivity index (χ4n) is 2.91. The summed E-state index contributed by atoms with van der Waals surface area (Å²) in [6.45, 7) is 8.00. The molecule has 0 aliphatic rings. The van der Waals surface area contributed by atoms with Gasteiger partial charge >= 0.3 is 5.97 Å². The molecule has 0 aliphatic carbocycles. The van der Waals surface area contributed by atoms with Crippen LogP contribution in [0.3, 0.4) is 0 Å². The smallest absolute Gasteiger partial charge is 0.349 e. The van der Waals surface area contributed by atoms with Crippen LogP contribution in [0.1, 0.15) is 30.8 Å². The number of carbonyl (C=O) groups is 2. The largest absolute Gasteiger partial charge is 0.451 e. The van der Waals surface area contributed by atoms with E-state index >= 15 is 0 Å². The summed E-state index contributed by atoms with van der Waals surface area (Å²) >= 11 is 0. The number of benzene rings is 1. The van der Waals surface area contributed by atoms with E-state index in [0.29, 0.717) is 11.5 Å². The highest BCUT2D eigenvalue weighted by molar-refractivity contribution is 6.00. The van der Waals surface area contributed by atoms with Gasteiger partial charge in [-0.15, -0.1) is 0 Å². The van der Waals surface area contributed by atoms with Crippen molar-refractivity contribution in [1.29, 1.82) is 5.26 Å². The van der Waals surface area contributed by atoms with Crippen LogP contribution in [0.15, 0.2) is 29.8 Å². The van der Waals surface area contributed by atoms with E-state index in [4.69, 9.17) is 4.74 Å². The van der Waals surface area contributed by atoms with E-state index in [2.05, 4.69) is 18.4 Å². The summed E-state index contributed by atoms with van der Waals surface area (Å²) in [6.07, 6.45) is 1.40. The molecule has 0 spiro atoms. The second-order valence-electron chi connectivity index (χ2n) is 7.22. The number of hydrogen-bond donors (Lipinski definition) is 1. The Hall–Kier alpha value is -3.47.